The van der Waals surface area contributed by atoms with Gasteiger partial charge in [-0.15, -0.1) is 0 Å². The molecular weight excluding hydrogens is 453 g/mol. The molecule has 0 aliphatic carbocycles. The third-order valence-electron chi connectivity index (χ3n) is 4.60. The first-order chi connectivity index (χ1) is 15.0. The van der Waals surface area contributed by atoms with Crippen LogP contribution in [0, 0.1) is 0 Å². The number of ether oxygens (including phenoxy) is 1. The van der Waals surface area contributed by atoms with Crippen molar-refractivity contribution in [3.63, 3.8) is 0 Å². The Morgan fingerprint density at radius 1 is 0.871 bits per heavy atom. The van der Waals surface area contributed by atoms with E-state index >= 15 is 0 Å². The lowest BCUT2D eigenvalue weighted by Gasteiger charge is -2.12. The molecule has 1 heterocycles. The number of imide groups is 1. The monoisotopic (exact) mass is 469 g/mol. The number of nitrogens with zero attached hydrogens (tertiary/aromatic N) is 1. The smallest absolute Gasteiger partial charge is 0.293 e. The summed E-state index contributed by atoms with van der Waals surface area (Å²) in [5, 5.41) is 0.994. The molecule has 1 aliphatic heterocycles. The number of thioether (sulfide) groups is 1. The van der Waals surface area contributed by atoms with Crippen LogP contribution in [0.2, 0.25) is 10.0 Å². The van der Waals surface area contributed by atoms with E-state index in [-0.39, 0.29) is 17.7 Å². The van der Waals surface area contributed by atoms with E-state index in [1.165, 1.54) is 4.90 Å². The molecule has 3 aromatic rings. The van der Waals surface area contributed by atoms with E-state index in [1.807, 2.05) is 48.5 Å². The average Bonchev–Trinajstić information content (AvgIpc) is 3.02. The fourth-order valence-electron chi connectivity index (χ4n) is 3.00. The van der Waals surface area contributed by atoms with Crippen molar-refractivity contribution < 1.29 is 14.3 Å². The molecular formula is C24H17Cl2NO3S. The molecule has 0 saturated carbocycles. The van der Waals surface area contributed by atoms with Gasteiger partial charge in [0.05, 0.1) is 11.4 Å². The normalized spacial score (nSPS) is 15.0. The minimum atomic E-state index is -0.308. The largest absolute Gasteiger partial charge is 0.489 e. The lowest BCUT2D eigenvalue weighted by molar-refractivity contribution is -0.123. The van der Waals surface area contributed by atoms with Crippen LogP contribution in [0.15, 0.2) is 77.7 Å². The second-order valence-electron chi connectivity index (χ2n) is 6.88. The maximum atomic E-state index is 12.8. The zero-order valence-corrected chi connectivity index (χ0v) is 18.6. The number of rotatable bonds is 6. The Morgan fingerprint density at radius 2 is 1.52 bits per heavy atom. The summed E-state index contributed by atoms with van der Waals surface area (Å²) in [5.74, 6) is 0.363. The number of benzene rings is 3. The van der Waals surface area contributed by atoms with Crippen molar-refractivity contribution >= 4 is 52.2 Å². The highest BCUT2D eigenvalue weighted by atomic mass is 35.5. The zero-order valence-electron chi connectivity index (χ0n) is 16.3. The Morgan fingerprint density at radius 3 is 2.19 bits per heavy atom. The summed E-state index contributed by atoms with van der Waals surface area (Å²) in [6.45, 7) is 0.613. The molecule has 0 unspecified atom stereocenters. The summed E-state index contributed by atoms with van der Waals surface area (Å²) in [6.07, 6.45) is 1.71. The van der Waals surface area contributed by atoms with Crippen LogP contribution in [0.1, 0.15) is 16.7 Å². The van der Waals surface area contributed by atoms with Crippen molar-refractivity contribution in [2.45, 2.75) is 13.2 Å². The van der Waals surface area contributed by atoms with Crippen molar-refractivity contribution in [1.29, 1.82) is 0 Å². The molecule has 1 aliphatic rings. The van der Waals surface area contributed by atoms with Gasteiger partial charge in [-0.3, -0.25) is 14.5 Å². The van der Waals surface area contributed by atoms with Crippen molar-refractivity contribution in [2.24, 2.45) is 0 Å². The Hall–Kier alpha value is -2.73. The fraction of sp³-hybridized carbons (Fsp3) is 0.0833. The minimum Gasteiger partial charge on any atom is -0.489 e. The molecule has 4 rings (SSSR count). The minimum absolute atomic E-state index is 0.212. The van der Waals surface area contributed by atoms with Crippen molar-refractivity contribution in [3.8, 4) is 5.75 Å². The Kier molecular flexibility index (Phi) is 6.66. The molecule has 0 radical (unpaired) electrons. The number of hydrogen-bond donors (Lipinski definition) is 0. The van der Waals surface area contributed by atoms with E-state index in [1.54, 1.807) is 30.3 Å². The molecule has 3 aromatic carbocycles. The molecule has 2 amide bonds. The number of halogens is 2. The summed E-state index contributed by atoms with van der Waals surface area (Å²) in [5.41, 5.74) is 2.62. The van der Waals surface area contributed by atoms with Gasteiger partial charge in [0, 0.05) is 10.0 Å². The predicted molar refractivity (Wildman–Crippen MR) is 125 cm³/mol. The van der Waals surface area contributed by atoms with E-state index in [4.69, 9.17) is 27.9 Å². The van der Waals surface area contributed by atoms with E-state index in [2.05, 4.69) is 0 Å². The lowest BCUT2D eigenvalue weighted by atomic mass is 10.2. The SMILES string of the molecule is O=C1S/C(=C\c2cccc(OCc3ccc(Cl)cc3)c2)C(=O)N1Cc1ccc(Cl)cc1. The van der Waals surface area contributed by atoms with Crippen molar-refractivity contribution in [1.82, 2.24) is 4.90 Å². The summed E-state index contributed by atoms with van der Waals surface area (Å²) in [4.78, 5) is 26.8. The predicted octanol–water partition coefficient (Wildman–Crippen LogP) is 6.81. The third kappa shape index (κ3) is 5.50. The molecule has 31 heavy (non-hydrogen) atoms. The Bertz CT molecular complexity index is 1140. The van der Waals surface area contributed by atoms with Gasteiger partial charge in [-0.1, -0.05) is 59.6 Å². The van der Waals surface area contributed by atoms with Gasteiger partial charge in [-0.05, 0) is 70.9 Å². The second kappa shape index (κ2) is 9.60. The molecule has 0 aromatic heterocycles. The van der Waals surface area contributed by atoms with Crippen LogP contribution >= 0.6 is 35.0 Å². The highest BCUT2D eigenvalue weighted by molar-refractivity contribution is 8.18. The molecule has 1 fully saturated rings. The summed E-state index contributed by atoms with van der Waals surface area (Å²) >= 11 is 12.7. The van der Waals surface area contributed by atoms with E-state index in [0.29, 0.717) is 27.3 Å². The van der Waals surface area contributed by atoms with E-state index in [9.17, 15) is 9.59 Å². The number of amides is 2. The highest BCUT2D eigenvalue weighted by Crippen LogP contribution is 2.33. The van der Waals surface area contributed by atoms with Gasteiger partial charge >= 0.3 is 0 Å². The number of hydrogen-bond acceptors (Lipinski definition) is 4. The maximum absolute atomic E-state index is 12.8. The zero-order chi connectivity index (χ0) is 21.8. The standard InChI is InChI=1S/C24H17Cl2NO3S/c25-19-8-4-16(5-9-19)14-27-23(28)22(31-24(27)29)13-18-2-1-3-21(12-18)30-15-17-6-10-20(26)11-7-17/h1-13H,14-15H2/b22-13-. The Labute approximate surface area is 194 Å². The van der Waals surface area contributed by atoms with Gasteiger partial charge < -0.3 is 4.74 Å². The van der Waals surface area contributed by atoms with Crippen LogP contribution < -0.4 is 4.74 Å². The van der Waals surface area contributed by atoms with Crippen molar-refractivity contribution in [3.05, 3.63) is 104 Å². The van der Waals surface area contributed by atoms with E-state index in [0.717, 1.165) is 28.5 Å². The second-order valence-corrected chi connectivity index (χ2v) is 8.75. The molecule has 4 nitrogen and oxygen atoms in total. The van der Waals surface area contributed by atoms with Gasteiger partial charge in [-0.2, -0.15) is 0 Å². The summed E-state index contributed by atoms with van der Waals surface area (Å²) < 4.78 is 5.84. The highest BCUT2D eigenvalue weighted by Gasteiger charge is 2.34. The first kappa shape index (κ1) is 21.5. The molecule has 156 valence electrons. The molecule has 0 N–H and O–H groups in total. The topological polar surface area (TPSA) is 46.6 Å². The van der Waals surface area contributed by atoms with Crippen LogP contribution in [0.25, 0.3) is 6.08 Å². The van der Waals surface area contributed by atoms with Crippen LogP contribution in [-0.2, 0) is 17.9 Å². The van der Waals surface area contributed by atoms with Gasteiger partial charge in [0.2, 0.25) is 0 Å². The quantitative estimate of drug-likeness (QED) is 0.372. The number of carbonyl (C=O) groups is 2. The van der Waals surface area contributed by atoms with Gasteiger partial charge in [-0.25, -0.2) is 0 Å². The molecule has 7 heteroatoms. The molecule has 0 bridgehead atoms. The first-order valence-electron chi connectivity index (χ1n) is 9.45. The fourth-order valence-corrected chi connectivity index (χ4v) is 4.09. The van der Waals surface area contributed by atoms with Crippen LogP contribution in [0.3, 0.4) is 0 Å². The van der Waals surface area contributed by atoms with Gasteiger partial charge in [0.1, 0.15) is 12.4 Å². The lowest BCUT2D eigenvalue weighted by Crippen LogP contribution is -2.27. The van der Waals surface area contributed by atoms with Gasteiger partial charge in [0.25, 0.3) is 11.1 Å². The molecule has 0 atom stereocenters. The third-order valence-corrected chi connectivity index (χ3v) is 6.01. The summed E-state index contributed by atoms with van der Waals surface area (Å²) in [7, 11) is 0. The van der Waals surface area contributed by atoms with Gasteiger partial charge in [0.15, 0.2) is 0 Å². The maximum Gasteiger partial charge on any atom is 0.293 e. The average molecular weight is 470 g/mol. The van der Waals surface area contributed by atoms with E-state index < -0.39 is 0 Å². The summed E-state index contributed by atoms with van der Waals surface area (Å²) in [6, 6.07) is 21.9. The first-order valence-corrected chi connectivity index (χ1v) is 11.0. The van der Waals surface area contributed by atoms with Crippen LogP contribution in [0.4, 0.5) is 4.79 Å². The number of carbonyl (C=O) groups excluding carboxylic acids is 2. The Balaban J connectivity index is 1.44. The molecule has 1 saturated heterocycles. The van der Waals surface area contributed by atoms with Crippen LogP contribution in [0.5, 0.6) is 5.75 Å². The van der Waals surface area contributed by atoms with Crippen molar-refractivity contribution in [2.75, 3.05) is 0 Å². The molecule has 0 spiro atoms. The van der Waals surface area contributed by atoms with Crippen LogP contribution in [-0.4, -0.2) is 16.0 Å².